The molecule has 0 unspecified atom stereocenters. The van der Waals surface area contributed by atoms with Crippen LogP contribution in [0.25, 0.3) is 21.8 Å². The second-order valence-corrected chi connectivity index (χ2v) is 12.0. The number of carbonyl (C=O) groups is 3. The number of nitrogen functional groups attached to an aromatic ring is 1. The fourth-order valence-electron chi connectivity index (χ4n) is 5.15. The van der Waals surface area contributed by atoms with E-state index >= 15 is 0 Å². The Morgan fingerprint density at radius 3 is 1.74 bits per heavy atom. The summed E-state index contributed by atoms with van der Waals surface area (Å²) < 4.78 is 28.1. The van der Waals surface area contributed by atoms with Crippen molar-refractivity contribution in [3.63, 3.8) is 0 Å². The zero-order valence-corrected chi connectivity index (χ0v) is 29.8. The van der Waals surface area contributed by atoms with Crippen LogP contribution in [0, 0.1) is 0 Å². The van der Waals surface area contributed by atoms with Gasteiger partial charge in [-0.15, -0.1) is 0 Å². The van der Waals surface area contributed by atoms with Gasteiger partial charge in [0.25, 0.3) is 5.91 Å². The van der Waals surface area contributed by atoms with Gasteiger partial charge >= 0.3 is 6.09 Å². The summed E-state index contributed by atoms with van der Waals surface area (Å²) in [6.45, 7) is 0.758. The molecule has 3 amide bonds. The molecule has 5 N–H and O–H groups in total. The molecule has 0 aliphatic rings. The number of hydrogen-bond donors (Lipinski definition) is 4. The first-order chi connectivity index (χ1) is 25.5. The number of amides is 3. The van der Waals surface area contributed by atoms with Crippen molar-refractivity contribution >= 4 is 85.7 Å². The fraction of sp³-hybridized carbons (Fsp3) is 0.108. The van der Waals surface area contributed by atoms with Crippen LogP contribution in [0.1, 0.15) is 6.92 Å². The zero-order chi connectivity index (χ0) is 37.6. The van der Waals surface area contributed by atoms with Gasteiger partial charge in [-0.05, 0) is 48.5 Å². The lowest BCUT2D eigenvalue weighted by Gasteiger charge is -2.15. The highest BCUT2D eigenvalue weighted by atomic mass is 35.5. The molecule has 6 rings (SSSR count). The van der Waals surface area contributed by atoms with E-state index in [1.807, 2.05) is 0 Å². The summed E-state index contributed by atoms with van der Waals surface area (Å²) in [6, 6.07) is 19.4. The van der Waals surface area contributed by atoms with Gasteiger partial charge < -0.3 is 40.1 Å². The van der Waals surface area contributed by atoms with E-state index in [4.69, 9.17) is 52.6 Å². The Morgan fingerprint density at radius 1 is 0.660 bits per heavy atom. The van der Waals surface area contributed by atoms with E-state index in [0.29, 0.717) is 72.7 Å². The highest BCUT2D eigenvalue weighted by Crippen LogP contribution is 2.38. The van der Waals surface area contributed by atoms with E-state index in [0.717, 1.165) is 0 Å². The molecule has 2 aromatic heterocycles. The maximum atomic E-state index is 12.9. The van der Waals surface area contributed by atoms with E-state index in [1.165, 1.54) is 33.3 Å². The van der Waals surface area contributed by atoms with E-state index in [2.05, 4.69) is 25.9 Å². The van der Waals surface area contributed by atoms with Crippen molar-refractivity contribution in [1.82, 2.24) is 9.97 Å². The lowest BCUT2D eigenvalue weighted by atomic mass is 10.1. The molecule has 0 atom stereocenters. The number of carbonyl (C=O) groups excluding carboxylic acids is 3. The Kier molecular flexibility index (Phi) is 10.8. The van der Waals surface area contributed by atoms with E-state index in [9.17, 15) is 14.4 Å². The van der Waals surface area contributed by atoms with Crippen molar-refractivity contribution in [2.45, 2.75) is 6.92 Å². The Morgan fingerprint density at radius 2 is 1.21 bits per heavy atom. The predicted molar refractivity (Wildman–Crippen MR) is 202 cm³/mol. The number of nitrogens with zero attached hydrogens (tertiary/aromatic N) is 2. The molecule has 0 saturated carbocycles. The Labute approximate surface area is 312 Å². The maximum absolute atomic E-state index is 12.9. The van der Waals surface area contributed by atoms with Crippen molar-refractivity contribution in [2.75, 3.05) is 42.5 Å². The largest absolute Gasteiger partial charge is 0.494 e. The number of methoxy groups -OCH3 is 2. The lowest BCUT2D eigenvalue weighted by molar-refractivity contribution is -0.118. The lowest BCUT2D eigenvalue weighted by Crippen LogP contribution is -2.23. The molecule has 0 radical (unpaired) electrons. The molecule has 6 aromatic rings. The second-order valence-electron chi connectivity index (χ2n) is 11.2. The number of halogens is 2. The quantitative estimate of drug-likeness (QED) is 0.0930. The first-order valence-electron chi connectivity index (χ1n) is 15.7. The Hall–Kier alpha value is -6.51. The number of benzene rings is 4. The monoisotopic (exact) mass is 756 g/mol. The Balaban J connectivity index is 1.10. The zero-order valence-electron chi connectivity index (χ0n) is 28.3. The summed E-state index contributed by atoms with van der Waals surface area (Å²) in [5.41, 5.74) is 8.27. The van der Waals surface area contributed by atoms with Gasteiger partial charge in [0.05, 0.1) is 58.0 Å². The summed E-state index contributed by atoms with van der Waals surface area (Å²) in [5.74, 6) is 1.50. The summed E-state index contributed by atoms with van der Waals surface area (Å²) >= 11 is 12.6. The van der Waals surface area contributed by atoms with Crippen LogP contribution in [0.3, 0.4) is 0 Å². The van der Waals surface area contributed by atoms with Gasteiger partial charge in [0.2, 0.25) is 5.91 Å². The molecule has 4 aromatic carbocycles. The standard InChI is InChI=1S/C37H30Cl2N6O8/c1-19(46)43-30-14-22-28(16-34(30)49-2)41-10-8-32(22)53-21-5-7-27(25(39)13-21)45-37(48)51-18-36(47)44-31-15-23-29(17-35(31)50-3)42-11-9-33(23)52-20-4-6-26(40)24(38)12-20/h4-17H,18,40H2,1-3H3,(H,43,46)(H,44,47)(H,45,48). The van der Waals surface area contributed by atoms with Crippen LogP contribution < -0.4 is 40.6 Å². The predicted octanol–water partition coefficient (Wildman–Crippen LogP) is 8.42. The number of nitrogens with two attached hydrogens (primary N) is 1. The maximum Gasteiger partial charge on any atom is 0.412 e. The molecular formula is C37H30Cl2N6O8. The van der Waals surface area contributed by atoms with Gasteiger partial charge in [0.15, 0.2) is 6.61 Å². The topological polar surface area (TPSA) is 185 Å². The van der Waals surface area contributed by atoms with Crippen molar-refractivity contribution in [2.24, 2.45) is 0 Å². The van der Waals surface area contributed by atoms with E-state index in [1.54, 1.807) is 73.1 Å². The first-order valence-corrected chi connectivity index (χ1v) is 16.4. The third-order valence-electron chi connectivity index (χ3n) is 7.57. The highest BCUT2D eigenvalue weighted by Gasteiger charge is 2.17. The van der Waals surface area contributed by atoms with Gasteiger partial charge in [-0.25, -0.2) is 4.79 Å². The van der Waals surface area contributed by atoms with Gasteiger partial charge in [0, 0.05) is 54.4 Å². The molecule has 2 heterocycles. The fourth-order valence-corrected chi connectivity index (χ4v) is 5.54. The van der Waals surface area contributed by atoms with Crippen LogP contribution in [0.15, 0.2) is 85.2 Å². The van der Waals surface area contributed by atoms with Crippen LogP contribution in [0.4, 0.5) is 27.5 Å². The van der Waals surface area contributed by atoms with E-state index < -0.39 is 18.6 Å². The molecule has 14 nitrogen and oxygen atoms in total. The van der Waals surface area contributed by atoms with Crippen molar-refractivity contribution in [3.8, 4) is 34.5 Å². The van der Waals surface area contributed by atoms with Gasteiger partial charge in [-0.1, -0.05) is 23.2 Å². The number of fused-ring (bicyclic) bond motifs is 2. The molecule has 0 aliphatic carbocycles. The number of nitrogens with one attached hydrogen (secondary N) is 3. The van der Waals surface area contributed by atoms with Crippen LogP contribution in [0.5, 0.6) is 34.5 Å². The van der Waals surface area contributed by atoms with Crippen molar-refractivity contribution in [1.29, 1.82) is 0 Å². The second kappa shape index (κ2) is 15.8. The Bertz CT molecular complexity index is 2390. The minimum atomic E-state index is -0.928. The summed E-state index contributed by atoms with van der Waals surface area (Å²) in [6.07, 6.45) is 2.21. The third kappa shape index (κ3) is 8.52. The number of hydrogen-bond acceptors (Lipinski definition) is 11. The SMILES string of the molecule is COc1cc2nccc(Oc3ccc(NC(=O)OCC(=O)Nc4cc5c(Oc6ccc(N)c(Cl)c6)ccnc5cc4OC)c(Cl)c3)c2cc1NC(C)=O. The summed E-state index contributed by atoms with van der Waals surface area (Å²) in [4.78, 5) is 46.0. The van der Waals surface area contributed by atoms with Crippen molar-refractivity contribution < 1.29 is 38.1 Å². The smallest absolute Gasteiger partial charge is 0.412 e. The van der Waals surface area contributed by atoms with Crippen LogP contribution in [-0.2, 0) is 14.3 Å². The summed E-state index contributed by atoms with van der Waals surface area (Å²) in [7, 11) is 2.93. The molecule has 0 fully saturated rings. The number of ether oxygens (including phenoxy) is 5. The molecular weight excluding hydrogens is 727 g/mol. The summed E-state index contributed by atoms with van der Waals surface area (Å²) in [5, 5.41) is 9.57. The molecule has 16 heteroatoms. The molecule has 0 spiro atoms. The first kappa shape index (κ1) is 36.3. The number of anilines is 4. The van der Waals surface area contributed by atoms with E-state index in [-0.39, 0.29) is 22.3 Å². The number of rotatable bonds is 11. The normalized spacial score (nSPS) is 10.7. The number of aromatic nitrogens is 2. The third-order valence-corrected chi connectivity index (χ3v) is 8.21. The highest BCUT2D eigenvalue weighted by molar-refractivity contribution is 6.34. The molecule has 0 aliphatic heterocycles. The van der Waals surface area contributed by atoms with Gasteiger partial charge in [-0.3, -0.25) is 24.9 Å². The number of pyridine rings is 2. The van der Waals surface area contributed by atoms with Crippen LogP contribution in [-0.4, -0.2) is 48.7 Å². The minimum Gasteiger partial charge on any atom is -0.494 e. The van der Waals surface area contributed by atoms with Gasteiger partial charge in [-0.2, -0.15) is 0 Å². The minimum absolute atomic E-state index is 0.136. The molecule has 53 heavy (non-hydrogen) atoms. The van der Waals surface area contributed by atoms with Crippen LogP contribution in [0.2, 0.25) is 10.0 Å². The molecule has 0 saturated heterocycles. The molecule has 0 bridgehead atoms. The average molecular weight is 758 g/mol. The van der Waals surface area contributed by atoms with Crippen LogP contribution >= 0.6 is 23.2 Å². The van der Waals surface area contributed by atoms with Gasteiger partial charge in [0.1, 0.15) is 34.5 Å². The van der Waals surface area contributed by atoms with Crippen molar-refractivity contribution in [3.05, 3.63) is 95.2 Å². The molecule has 270 valence electrons. The average Bonchev–Trinajstić information content (AvgIpc) is 3.13.